The van der Waals surface area contributed by atoms with Gasteiger partial charge >= 0.3 is 0 Å². The molecule has 0 aliphatic rings. The second-order valence-corrected chi connectivity index (χ2v) is 15.8. The molecular formula is C58H37N5. The summed E-state index contributed by atoms with van der Waals surface area (Å²) in [6, 6.07) is 78.6. The molecule has 9 aromatic carbocycles. The van der Waals surface area contributed by atoms with Gasteiger partial charge in [0.05, 0.1) is 22.2 Å². The zero-order valence-electron chi connectivity index (χ0n) is 34.1. The van der Waals surface area contributed by atoms with Crippen molar-refractivity contribution in [3.63, 3.8) is 0 Å². The Labute approximate surface area is 364 Å². The summed E-state index contributed by atoms with van der Waals surface area (Å²) in [5, 5.41) is 5.90. The van der Waals surface area contributed by atoms with Crippen LogP contribution in [0.25, 0.3) is 117 Å². The van der Waals surface area contributed by atoms with Gasteiger partial charge in [0.1, 0.15) is 0 Å². The van der Waals surface area contributed by atoms with Gasteiger partial charge in [0.25, 0.3) is 0 Å². The SMILES string of the molecule is c1ccc(-c2nc(-c3ccccc3)nc(-c3ccc(-c4ccc(-c5cccc6c5nc(-c5ccccc5)c5c6ccc6c5c5ccccc5n6-c5ccccc5)cc4)cc3)n2)cc1. The van der Waals surface area contributed by atoms with Crippen LogP contribution in [0.3, 0.4) is 0 Å². The lowest BCUT2D eigenvalue weighted by Crippen LogP contribution is -2.00. The van der Waals surface area contributed by atoms with E-state index in [9.17, 15) is 0 Å². The van der Waals surface area contributed by atoms with E-state index in [-0.39, 0.29) is 0 Å². The van der Waals surface area contributed by atoms with E-state index in [0.29, 0.717) is 17.5 Å². The van der Waals surface area contributed by atoms with Crippen LogP contribution in [0.1, 0.15) is 0 Å². The van der Waals surface area contributed by atoms with Gasteiger partial charge in [-0.05, 0) is 46.3 Å². The predicted molar refractivity (Wildman–Crippen MR) is 260 cm³/mol. The molecule has 3 heterocycles. The average Bonchev–Trinajstić information content (AvgIpc) is 3.71. The Hall–Kier alpha value is -8.54. The second kappa shape index (κ2) is 15.2. The number of benzene rings is 9. The van der Waals surface area contributed by atoms with Crippen LogP contribution in [0.4, 0.5) is 0 Å². The smallest absolute Gasteiger partial charge is 0.164 e. The second-order valence-electron chi connectivity index (χ2n) is 15.8. The van der Waals surface area contributed by atoms with Crippen molar-refractivity contribution in [1.29, 1.82) is 0 Å². The van der Waals surface area contributed by atoms with Crippen molar-refractivity contribution in [3.8, 4) is 73.4 Å². The molecule has 5 nitrogen and oxygen atoms in total. The molecule has 12 rings (SSSR count). The summed E-state index contributed by atoms with van der Waals surface area (Å²) in [5.74, 6) is 1.93. The van der Waals surface area contributed by atoms with Crippen molar-refractivity contribution < 1.29 is 0 Å². The molecule has 0 N–H and O–H groups in total. The molecule has 0 atom stereocenters. The fourth-order valence-corrected chi connectivity index (χ4v) is 9.06. The number of rotatable bonds is 7. The Morgan fingerprint density at radius 1 is 0.270 bits per heavy atom. The molecule has 0 saturated heterocycles. The monoisotopic (exact) mass is 803 g/mol. The number of fused-ring (bicyclic) bond motifs is 7. The summed E-state index contributed by atoms with van der Waals surface area (Å²) < 4.78 is 2.38. The highest BCUT2D eigenvalue weighted by atomic mass is 15.0. The first-order chi connectivity index (χ1) is 31.2. The summed E-state index contributed by atoms with van der Waals surface area (Å²) in [6.07, 6.45) is 0. The summed E-state index contributed by atoms with van der Waals surface area (Å²) in [7, 11) is 0. The van der Waals surface area contributed by atoms with E-state index in [2.05, 4.69) is 168 Å². The highest BCUT2D eigenvalue weighted by Crippen LogP contribution is 2.44. The lowest BCUT2D eigenvalue weighted by molar-refractivity contribution is 1.07. The van der Waals surface area contributed by atoms with E-state index in [0.717, 1.165) is 77.7 Å². The van der Waals surface area contributed by atoms with Crippen LogP contribution in [0.5, 0.6) is 0 Å². The van der Waals surface area contributed by atoms with Crippen molar-refractivity contribution in [2.45, 2.75) is 0 Å². The van der Waals surface area contributed by atoms with Gasteiger partial charge in [0, 0.05) is 55.0 Å². The van der Waals surface area contributed by atoms with Crippen LogP contribution in [-0.4, -0.2) is 24.5 Å². The molecule has 0 unspecified atom stereocenters. The number of hydrogen-bond acceptors (Lipinski definition) is 4. The Morgan fingerprint density at radius 2 is 0.746 bits per heavy atom. The molecule has 294 valence electrons. The number of pyridine rings is 1. The van der Waals surface area contributed by atoms with Gasteiger partial charge in [-0.3, -0.25) is 0 Å². The van der Waals surface area contributed by atoms with Gasteiger partial charge in [-0.25, -0.2) is 19.9 Å². The van der Waals surface area contributed by atoms with Crippen molar-refractivity contribution >= 4 is 43.5 Å². The minimum atomic E-state index is 0.637. The lowest BCUT2D eigenvalue weighted by Gasteiger charge is -2.15. The largest absolute Gasteiger partial charge is 0.309 e. The van der Waals surface area contributed by atoms with E-state index in [1.54, 1.807) is 0 Å². The van der Waals surface area contributed by atoms with Gasteiger partial charge in [-0.2, -0.15) is 0 Å². The molecule has 3 aromatic heterocycles. The number of hydrogen-bond donors (Lipinski definition) is 0. The molecule has 0 radical (unpaired) electrons. The molecule has 0 aliphatic heterocycles. The normalized spacial score (nSPS) is 11.5. The zero-order valence-corrected chi connectivity index (χ0v) is 34.1. The summed E-state index contributed by atoms with van der Waals surface area (Å²) in [6.45, 7) is 0. The molecule has 0 amide bonds. The minimum absolute atomic E-state index is 0.637. The van der Waals surface area contributed by atoms with E-state index < -0.39 is 0 Å². The molecule has 0 fully saturated rings. The molecule has 63 heavy (non-hydrogen) atoms. The van der Waals surface area contributed by atoms with Crippen molar-refractivity contribution in [3.05, 3.63) is 224 Å². The average molecular weight is 804 g/mol. The number of para-hydroxylation sites is 3. The van der Waals surface area contributed by atoms with E-state index in [1.807, 2.05) is 60.7 Å². The third-order valence-electron chi connectivity index (χ3n) is 12.1. The van der Waals surface area contributed by atoms with Crippen LogP contribution < -0.4 is 0 Å². The number of aromatic nitrogens is 5. The van der Waals surface area contributed by atoms with Crippen LogP contribution in [-0.2, 0) is 0 Å². The highest BCUT2D eigenvalue weighted by molar-refractivity contribution is 6.29. The summed E-state index contributed by atoms with van der Waals surface area (Å²) in [5.41, 5.74) is 13.8. The maximum absolute atomic E-state index is 5.63. The summed E-state index contributed by atoms with van der Waals surface area (Å²) in [4.78, 5) is 20.3. The van der Waals surface area contributed by atoms with Crippen LogP contribution in [0.15, 0.2) is 224 Å². The number of nitrogens with zero attached hydrogens (tertiary/aromatic N) is 5. The van der Waals surface area contributed by atoms with Gasteiger partial charge in [0.2, 0.25) is 0 Å². The molecule has 0 aliphatic carbocycles. The van der Waals surface area contributed by atoms with Crippen LogP contribution >= 0.6 is 0 Å². The van der Waals surface area contributed by atoms with Crippen molar-refractivity contribution in [2.24, 2.45) is 0 Å². The van der Waals surface area contributed by atoms with Gasteiger partial charge in [-0.15, -0.1) is 0 Å². The van der Waals surface area contributed by atoms with E-state index >= 15 is 0 Å². The molecular weight excluding hydrogens is 767 g/mol. The standard InChI is InChI=1S/C58H37N5/c1-5-16-41(17-6-1)54-53-47(36-37-51-52(53)49-24-13-14-27-50(49)63(51)45-22-11-4-12-23-45)48-26-15-25-46(55(48)59-54)40-32-28-38(29-33-40)39-30-34-44(35-31-39)58-61-56(42-18-7-2-8-19-42)60-57(62-58)43-20-9-3-10-21-43/h1-37H. The molecule has 5 heteroatoms. The summed E-state index contributed by atoms with van der Waals surface area (Å²) >= 11 is 0. The molecule has 0 bridgehead atoms. The Balaban J connectivity index is 0.954. The predicted octanol–water partition coefficient (Wildman–Crippen LogP) is 14.7. The Morgan fingerprint density at radius 3 is 1.35 bits per heavy atom. The first-order valence-electron chi connectivity index (χ1n) is 21.2. The molecule has 12 aromatic rings. The van der Waals surface area contributed by atoms with Crippen LogP contribution in [0, 0.1) is 0 Å². The highest BCUT2D eigenvalue weighted by Gasteiger charge is 2.21. The van der Waals surface area contributed by atoms with Gasteiger partial charge < -0.3 is 4.57 Å². The minimum Gasteiger partial charge on any atom is -0.309 e. The maximum Gasteiger partial charge on any atom is 0.164 e. The fraction of sp³-hybridized carbons (Fsp3) is 0. The van der Waals surface area contributed by atoms with Crippen LogP contribution in [0.2, 0.25) is 0 Å². The first kappa shape index (κ1) is 36.3. The van der Waals surface area contributed by atoms with Gasteiger partial charge in [0.15, 0.2) is 17.5 Å². The third-order valence-corrected chi connectivity index (χ3v) is 12.1. The molecule has 0 saturated carbocycles. The quantitative estimate of drug-likeness (QED) is 0.151. The van der Waals surface area contributed by atoms with E-state index in [4.69, 9.17) is 19.9 Å². The molecule has 0 spiro atoms. The van der Waals surface area contributed by atoms with Gasteiger partial charge in [-0.1, -0.05) is 200 Å². The Kier molecular flexibility index (Phi) is 8.75. The van der Waals surface area contributed by atoms with Crippen molar-refractivity contribution in [2.75, 3.05) is 0 Å². The van der Waals surface area contributed by atoms with Crippen molar-refractivity contribution in [1.82, 2.24) is 24.5 Å². The fourth-order valence-electron chi connectivity index (χ4n) is 9.06. The maximum atomic E-state index is 5.63. The lowest BCUT2D eigenvalue weighted by atomic mass is 9.93. The van der Waals surface area contributed by atoms with E-state index in [1.165, 1.54) is 21.7 Å². The topological polar surface area (TPSA) is 56.5 Å². The zero-order chi connectivity index (χ0) is 41.7. The third kappa shape index (κ3) is 6.34. The Bertz CT molecular complexity index is 3570. The first-order valence-corrected chi connectivity index (χ1v) is 21.2.